The second-order valence-corrected chi connectivity index (χ2v) is 24.0. The third-order valence-electron chi connectivity index (χ3n) is 11.1. The van der Waals surface area contributed by atoms with Crippen LogP contribution in [0.1, 0.15) is 103 Å². The number of imide groups is 1. The number of rotatable bonds is 20. The van der Waals surface area contributed by atoms with Crippen molar-refractivity contribution in [2.45, 2.75) is 110 Å². The topological polar surface area (TPSA) is 255 Å². The van der Waals surface area contributed by atoms with Crippen molar-refractivity contribution < 1.29 is 76.0 Å². The minimum Gasteiger partial charge on any atom is -0.778 e. The molecule has 6 rings (SSSR count). The Morgan fingerprint density at radius 2 is 1.65 bits per heavy atom. The number of benzene rings is 2. The number of furan rings is 1. The van der Waals surface area contributed by atoms with Gasteiger partial charge in [0.05, 0.1) is 67.4 Å². The summed E-state index contributed by atoms with van der Waals surface area (Å²) in [5, 5.41) is 9.91. The predicted octanol–water partition coefficient (Wildman–Crippen LogP) is 8.84. The van der Waals surface area contributed by atoms with Gasteiger partial charge in [0.2, 0.25) is 5.91 Å². The van der Waals surface area contributed by atoms with Crippen LogP contribution in [0, 0.1) is 12.7 Å². The van der Waals surface area contributed by atoms with E-state index in [-0.39, 0.29) is 47.0 Å². The lowest BCUT2D eigenvalue weighted by Crippen LogP contribution is -2.45. The predicted molar refractivity (Wildman–Crippen MR) is 300 cm³/mol. The Labute approximate surface area is 478 Å². The fourth-order valence-electron chi connectivity index (χ4n) is 7.62. The molecule has 19 nitrogen and oxygen atoms in total. The first-order valence-corrected chi connectivity index (χ1v) is 30.8. The molecule has 2 unspecified atom stereocenters. The molecule has 0 spiro atoms. The van der Waals surface area contributed by atoms with Crippen molar-refractivity contribution in [3.05, 3.63) is 87.6 Å². The van der Waals surface area contributed by atoms with Gasteiger partial charge in [-0.1, -0.05) is 79.7 Å². The number of aliphatic carboxylic acids is 1. The van der Waals surface area contributed by atoms with Gasteiger partial charge < -0.3 is 47.7 Å². The van der Waals surface area contributed by atoms with Gasteiger partial charge in [-0.15, -0.1) is 11.6 Å². The fraction of sp³-hybridized carbons (Fsp3) is 0.538. The van der Waals surface area contributed by atoms with E-state index in [4.69, 9.17) is 79.8 Å². The average Bonchev–Trinajstić information content (AvgIpc) is 4.14. The Morgan fingerprint density at radius 1 is 1.03 bits per heavy atom. The van der Waals surface area contributed by atoms with Crippen molar-refractivity contribution in [1.82, 2.24) is 10.2 Å². The van der Waals surface area contributed by atoms with Gasteiger partial charge in [-0.3, -0.25) is 34.2 Å². The Morgan fingerprint density at radius 3 is 2.17 bits per heavy atom. The van der Waals surface area contributed by atoms with E-state index in [2.05, 4.69) is 25.7 Å². The molecule has 2 aliphatic heterocycles. The molecule has 3 aromatic rings. The summed E-state index contributed by atoms with van der Waals surface area (Å²) >= 11 is 22.9. The number of carboxylic acid groups (broad SMARTS) is 1. The van der Waals surface area contributed by atoms with Gasteiger partial charge in [0.1, 0.15) is 49.4 Å². The van der Waals surface area contributed by atoms with Gasteiger partial charge in [-0.25, -0.2) is 14.1 Å². The average molecular weight is 1220 g/mol. The second-order valence-electron chi connectivity index (χ2n) is 18.2. The van der Waals surface area contributed by atoms with Crippen LogP contribution in [0.15, 0.2) is 64.3 Å². The molecule has 26 heteroatoms. The standard InChI is InChI=1S/C21H23ClFNO5.C14H20ClNO2.C11H13Cl2NO3.C3H8NO5P.C3H9S/c1-2-3-6-9-28-19(25)12-29-18-11-17(16(23)10-15(18)22)24-20(26)13-7-4-5-8-14(13)21(24)27;1-4-12-8-6-7-11(3)14(12)16(10-18-5-2)13(17)9-15;1-11(2)14(10(15)9(12)13)6-8(17-11)7-4-3-5-16-7;5-3(6)1-4-2-10(7,8)9;1-4(2)3/h10-11H,2-9,12H2,1H3;6-8H,4-5,9-10H2,1-3H3;3-5,8-9H,6H2,1-2H3;4H,1-2H2,(H,5,6)(H2,7,8,9);1-3H3/q;;;;+1/p-1. The summed E-state index contributed by atoms with van der Waals surface area (Å²) in [5.41, 5.74) is 3.06. The van der Waals surface area contributed by atoms with E-state index in [1.807, 2.05) is 50.4 Å². The highest BCUT2D eigenvalue weighted by Gasteiger charge is 2.45. The number of amides is 4. The fourth-order valence-corrected chi connectivity index (χ4v) is 8.60. The maximum atomic E-state index is 14.5. The number of aryl methyl sites for hydroxylation is 2. The van der Waals surface area contributed by atoms with Gasteiger partial charge >= 0.3 is 11.9 Å². The van der Waals surface area contributed by atoms with E-state index in [1.165, 1.54) is 11.0 Å². The Hall–Kier alpha value is -4.25. The van der Waals surface area contributed by atoms with Gasteiger partial charge in [0.25, 0.3) is 17.7 Å². The first kappa shape index (κ1) is 69.9. The van der Waals surface area contributed by atoms with E-state index in [9.17, 15) is 42.6 Å². The number of halogens is 5. The monoisotopic (exact) mass is 1210 g/mol. The highest BCUT2D eigenvalue weighted by Crippen LogP contribution is 2.40. The summed E-state index contributed by atoms with van der Waals surface area (Å²) in [4.78, 5) is 91.6. The molecule has 1 fully saturated rings. The minimum absolute atomic E-state index is 0.000883. The Kier molecular flexibility index (Phi) is 31.2. The number of hydrogen-bond donors (Lipinski definition) is 3. The lowest BCUT2D eigenvalue weighted by molar-refractivity contribution is -0.193. The van der Waals surface area contributed by atoms with Gasteiger partial charge in [0, 0.05) is 23.8 Å². The molecule has 3 heterocycles. The number of unbranched alkanes of at least 4 members (excludes halogenated alkanes) is 2. The maximum Gasteiger partial charge on any atom is 0.344 e. The summed E-state index contributed by atoms with van der Waals surface area (Å²) in [5.74, 6) is -3.41. The van der Waals surface area contributed by atoms with Crippen LogP contribution in [0.5, 0.6) is 5.75 Å². The summed E-state index contributed by atoms with van der Waals surface area (Å²) in [6, 6.07) is 11.8. The molecule has 2 aromatic carbocycles. The number of esters is 1. The SMILES string of the molecule is CC1(C)OC(c2ccco2)CN1C(=O)C(Cl)Cl.CCCCCOC(=O)COc1cc(N2C(=O)C3=C(CCCC3)C2=O)c(F)cc1Cl.CCOCN(C(=O)CCl)c1c(C)cccc1CC.C[S+](C)C.O=C(O)CNCP(=O)([O-])O. The third kappa shape index (κ3) is 23.1. The van der Waals surface area contributed by atoms with E-state index in [0.717, 1.165) is 66.3 Å². The zero-order chi connectivity index (χ0) is 58.9. The quantitative estimate of drug-likeness (QED) is 0.0182. The number of para-hydroxylation sites is 1. The molecule has 3 N–H and O–H groups in total. The van der Waals surface area contributed by atoms with E-state index >= 15 is 0 Å². The molecule has 2 atom stereocenters. The lowest BCUT2D eigenvalue weighted by Gasteiger charge is -2.29. The Balaban J connectivity index is 0.000000369. The summed E-state index contributed by atoms with van der Waals surface area (Å²) in [7, 11) is -3.71. The van der Waals surface area contributed by atoms with Crippen molar-refractivity contribution >= 4 is 112 Å². The van der Waals surface area contributed by atoms with Crippen molar-refractivity contribution in [2.24, 2.45) is 0 Å². The molecule has 0 radical (unpaired) electrons. The molecule has 78 heavy (non-hydrogen) atoms. The van der Waals surface area contributed by atoms with Crippen LogP contribution >= 0.6 is 54.0 Å². The zero-order valence-electron chi connectivity index (χ0n) is 45.4. The second kappa shape index (κ2) is 34.8. The number of ether oxygens (including phenoxy) is 4. The number of carboxylic acids is 1. The first-order chi connectivity index (χ1) is 36.6. The molecular formula is C52H72Cl4FN4O15PS. The highest BCUT2D eigenvalue weighted by molar-refractivity contribution is 7.94. The summed E-state index contributed by atoms with van der Waals surface area (Å²) in [6.45, 7) is 12.2. The molecule has 0 saturated carbocycles. The number of carbonyl (C=O) groups is 6. The van der Waals surface area contributed by atoms with Crippen LogP contribution in [0.4, 0.5) is 15.8 Å². The number of nitrogens with one attached hydrogen (secondary N) is 1. The largest absolute Gasteiger partial charge is 0.778 e. The summed E-state index contributed by atoms with van der Waals surface area (Å²) < 4.78 is 51.3. The van der Waals surface area contributed by atoms with Crippen LogP contribution in [0.25, 0.3) is 0 Å². The maximum absolute atomic E-state index is 14.5. The molecular weight excluding hydrogens is 1140 g/mol. The normalized spacial score (nSPS) is 16.1. The summed E-state index contributed by atoms with van der Waals surface area (Å²) in [6.07, 6.45) is 13.4. The van der Waals surface area contributed by atoms with Gasteiger partial charge in [-0.05, 0) is 106 Å². The van der Waals surface area contributed by atoms with Gasteiger partial charge in [0.15, 0.2) is 11.4 Å². The van der Waals surface area contributed by atoms with Crippen LogP contribution in [-0.2, 0) is 64.9 Å². The number of hydrogen-bond acceptors (Lipinski definition) is 14. The smallest absolute Gasteiger partial charge is 0.344 e. The molecule has 1 aromatic heterocycles. The zero-order valence-corrected chi connectivity index (χ0v) is 50.1. The molecule has 1 aliphatic carbocycles. The minimum atomic E-state index is -4.35. The van der Waals surface area contributed by atoms with Crippen molar-refractivity contribution in [3.8, 4) is 5.75 Å². The number of anilines is 2. The van der Waals surface area contributed by atoms with Crippen molar-refractivity contribution in [3.63, 3.8) is 0 Å². The van der Waals surface area contributed by atoms with Crippen molar-refractivity contribution in [2.75, 3.05) is 80.4 Å². The van der Waals surface area contributed by atoms with Crippen LogP contribution in [0.3, 0.4) is 0 Å². The lowest BCUT2D eigenvalue weighted by atomic mass is 9.93. The first-order valence-electron chi connectivity index (χ1n) is 24.8. The number of nitrogens with zero attached hydrogens (tertiary/aromatic N) is 3. The number of carbonyl (C=O) groups excluding carboxylic acids is 5. The molecule has 436 valence electrons. The van der Waals surface area contributed by atoms with E-state index in [1.54, 1.807) is 31.1 Å². The molecule has 4 amide bonds. The van der Waals surface area contributed by atoms with E-state index in [0.29, 0.717) is 60.4 Å². The highest BCUT2D eigenvalue weighted by atomic mass is 35.5. The van der Waals surface area contributed by atoms with Crippen LogP contribution in [0.2, 0.25) is 5.02 Å². The molecule has 1 saturated heterocycles. The molecule has 3 aliphatic rings. The Bertz CT molecular complexity index is 2500. The van der Waals surface area contributed by atoms with Gasteiger partial charge in [-0.2, -0.15) is 0 Å². The molecule has 0 bridgehead atoms. The van der Waals surface area contributed by atoms with E-state index < -0.39 is 67.2 Å². The van der Waals surface area contributed by atoms with Crippen LogP contribution in [-0.4, -0.2) is 132 Å². The van der Waals surface area contributed by atoms with Crippen molar-refractivity contribution in [1.29, 1.82) is 0 Å². The number of alkyl halides is 3. The van der Waals surface area contributed by atoms with Crippen LogP contribution < -0.4 is 24.7 Å². The third-order valence-corrected chi connectivity index (χ3v) is 12.7.